The topological polar surface area (TPSA) is 123 Å². The molecule has 2 amide bonds. The van der Waals surface area contributed by atoms with Crippen LogP contribution in [0.5, 0.6) is 5.75 Å². The highest BCUT2D eigenvalue weighted by Crippen LogP contribution is 2.29. The monoisotopic (exact) mass is 484 g/mol. The molecule has 1 atom stereocenters. The first-order valence-corrected chi connectivity index (χ1v) is 11.8. The zero-order valence-electron chi connectivity index (χ0n) is 20.1. The van der Waals surface area contributed by atoms with Crippen LogP contribution in [0.1, 0.15) is 48.1 Å². The SMILES string of the molecule is CCC(NC(=O)c1ccc(NCCOC)c([N+](=O)[O-])c1)c1ccccc1OCC(=O)N1CCCC1. The lowest BCUT2D eigenvalue weighted by Gasteiger charge is -2.22. The molecule has 0 aliphatic carbocycles. The number of carbonyl (C=O) groups is 2. The van der Waals surface area contributed by atoms with E-state index < -0.39 is 16.9 Å². The first kappa shape index (κ1) is 26.0. The number of rotatable bonds is 12. The number of benzene rings is 2. The second kappa shape index (κ2) is 12.7. The van der Waals surface area contributed by atoms with Crippen LogP contribution in [-0.2, 0) is 9.53 Å². The van der Waals surface area contributed by atoms with Gasteiger partial charge in [0.25, 0.3) is 17.5 Å². The number of nitro benzene ring substituents is 1. The molecule has 2 N–H and O–H groups in total. The van der Waals surface area contributed by atoms with Gasteiger partial charge >= 0.3 is 0 Å². The second-order valence-electron chi connectivity index (χ2n) is 8.26. The summed E-state index contributed by atoms with van der Waals surface area (Å²) in [5.74, 6) is 0.0306. The van der Waals surface area contributed by atoms with Crippen molar-refractivity contribution < 1.29 is 24.0 Å². The predicted octanol–water partition coefficient (Wildman–Crippen LogP) is 3.54. The molecule has 0 aromatic heterocycles. The van der Waals surface area contributed by atoms with Crippen molar-refractivity contribution in [3.8, 4) is 5.75 Å². The van der Waals surface area contributed by atoms with Gasteiger partial charge in [0.05, 0.1) is 17.6 Å². The lowest BCUT2D eigenvalue weighted by molar-refractivity contribution is -0.384. The summed E-state index contributed by atoms with van der Waals surface area (Å²) in [6.07, 6.45) is 2.58. The summed E-state index contributed by atoms with van der Waals surface area (Å²) in [6, 6.07) is 11.2. The van der Waals surface area contributed by atoms with Gasteiger partial charge in [-0.2, -0.15) is 0 Å². The Hall–Kier alpha value is -3.66. The molecule has 1 unspecified atom stereocenters. The number of likely N-dealkylation sites (tertiary alicyclic amines) is 1. The number of carbonyl (C=O) groups excluding carboxylic acids is 2. The number of nitro groups is 1. The summed E-state index contributed by atoms with van der Waals surface area (Å²) in [5.41, 5.74) is 1.04. The number of amides is 2. The molecule has 1 saturated heterocycles. The van der Waals surface area contributed by atoms with Crippen LogP contribution in [-0.4, -0.2) is 61.6 Å². The van der Waals surface area contributed by atoms with Crippen LogP contribution < -0.4 is 15.4 Å². The molecule has 0 spiro atoms. The van der Waals surface area contributed by atoms with E-state index in [1.165, 1.54) is 12.1 Å². The third-order valence-corrected chi connectivity index (χ3v) is 5.90. The number of para-hydroxylation sites is 1. The van der Waals surface area contributed by atoms with Crippen LogP contribution in [0.4, 0.5) is 11.4 Å². The Balaban J connectivity index is 1.72. The molecule has 1 heterocycles. The van der Waals surface area contributed by atoms with Crippen LogP contribution in [0.15, 0.2) is 42.5 Å². The molecule has 3 rings (SSSR count). The van der Waals surface area contributed by atoms with E-state index in [9.17, 15) is 19.7 Å². The van der Waals surface area contributed by atoms with Crippen molar-refractivity contribution in [1.82, 2.24) is 10.2 Å². The molecule has 188 valence electrons. The van der Waals surface area contributed by atoms with Crippen molar-refractivity contribution in [2.24, 2.45) is 0 Å². The van der Waals surface area contributed by atoms with E-state index in [1.807, 2.05) is 25.1 Å². The standard InChI is InChI=1S/C25H32N4O6/c1-3-20(19-8-4-5-9-23(19)35-17-24(30)28-13-6-7-14-28)27-25(31)18-10-11-21(26-12-15-34-2)22(16-18)29(32)33/h4-5,8-11,16,20,26H,3,6-7,12-15,17H2,1-2H3,(H,27,31). The van der Waals surface area contributed by atoms with Gasteiger partial charge in [0.2, 0.25) is 0 Å². The molecule has 1 aliphatic heterocycles. The molecule has 0 saturated carbocycles. The fourth-order valence-corrected chi connectivity index (χ4v) is 4.00. The van der Waals surface area contributed by atoms with Gasteiger partial charge in [-0.05, 0) is 37.5 Å². The normalized spacial score (nSPS) is 13.8. The maximum absolute atomic E-state index is 13.0. The van der Waals surface area contributed by atoms with Gasteiger partial charge in [0, 0.05) is 43.9 Å². The maximum atomic E-state index is 13.0. The average molecular weight is 485 g/mol. The maximum Gasteiger partial charge on any atom is 0.293 e. The number of hydrogen-bond acceptors (Lipinski definition) is 7. The molecule has 1 fully saturated rings. The summed E-state index contributed by atoms with van der Waals surface area (Å²) < 4.78 is 10.8. The fourth-order valence-electron chi connectivity index (χ4n) is 4.00. The Morgan fingerprint density at radius 1 is 1.17 bits per heavy atom. The van der Waals surface area contributed by atoms with Gasteiger partial charge in [-0.15, -0.1) is 0 Å². The van der Waals surface area contributed by atoms with E-state index >= 15 is 0 Å². The molecule has 0 bridgehead atoms. The van der Waals surface area contributed by atoms with Crippen LogP contribution in [0, 0.1) is 10.1 Å². The van der Waals surface area contributed by atoms with E-state index in [0.717, 1.165) is 31.5 Å². The van der Waals surface area contributed by atoms with Crippen LogP contribution in [0.3, 0.4) is 0 Å². The van der Waals surface area contributed by atoms with Crippen LogP contribution >= 0.6 is 0 Å². The Morgan fingerprint density at radius 3 is 2.60 bits per heavy atom. The van der Waals surface area contributed by atoms with Crippen LogP contribution in [0.25, 0.3) is 0 Å². The second-order valence-corrected chi connectivity index (χ2v) is 8.26. The van der Waals surface area contributed by atoms with Crippen molar-refractivity contribution >= 4 is 23.2 Å². The predicted molar refractivity (Wildman–Crippen MR) is 132 cm³/mol. The lowest BCUT2D eigenvalue weighted by Crippen LogP contribution is -2.32. The Labute approximate surface area is 204 Å². The lowest BCUT2D eigenvalue weighted by atomic mass is 10.0. The van der Waals surface area contributed by atoms with E-state index in [0.29, 0.717) is 31.0 Å². The van der Waals surface area contributed by atoms with Gasteiger partial charge in [0.1, 0.15) is 11.4 Å². The Kier molecular flexibility index (Phi) is 9.42. The third kappa shape index (κ3) is 6.92. The molecular formula is C25H32N4O6. The molecule has 1 aliphatic rings. The van der Waals surface area contributed by atoms with E-state index in [2.05, 4.69) is 10.6 Å². The number of anilines is 1. The minimum absolute atomic E-state index is 0.0547. The Bertz CT molecular complexity index is 1040. The van der Waals surface area contributed by atoms with E-state index in [-0.39, 0.29) is 23.8 Å². The minimum Gasteiger partial charge on any atom is -0.483 e. The van der Waals surface area contributed by atoms with Crippen molar-refractivity contribution in [1.29, 1.82) is 0 Å². The third-order valence-electron chi connectivity index (χ3n) is 5.90. The van der Waals surface area contributed by atoms with Gasteiger partial charge in [-0.25, -0.2) is 0 Å². The van der Waals surface area contributed by atoms with Crippen molar-refractivity contribution in [3.63, 3.8) is 0 Å². The zero-order valence-corrected chi connectivity index (χ0v) is 20.1. The van der Waals surface area contributed by atoms with Crippen molar-refractivity contribution in [2.75, 3.05) is 45.3 Å². The van der Waals surface area contributed by atoms with Gasteiger partial charge in [0.15, 0.2) is 6.61 Å². The molecule has 2 aromatic rings. The average Bonchev–Trinajstić information content (AvgIpc) is 3.41. The summed E-state index contributed by atoms with van der Waals surface area (Å²) in [5, 5.41) is 17.4. The summed E-state index contributed by atoms with van der Waals surface area (Å²) in [4.78, 5) is 38.2. The number of nitrogens with zero attached hydrogens (tertiary/aromatic N) is 2. The van der Waals surface area contributed by atoms with Gasteiger partial charge in [-0.3, -0.25) is 19.7 Å². The fraction of sp³-hybridized carbons (Fsp3) is 0.440. The smallest absolute Gasteiger partial charge is 0.293 e. The quantitative estimate of drug-likeness (QED) is 0.268. The van der Waals surface area contributed by atoms with Gasteiger partial charge in [-0.1, -0.05) is 25.1 Å². The summed E-state index contributed by atoms with van der Waals surface area (Å²) >= 11 is 0. The molecular weight excluding hydrogens is 452 g/mol. The molecule has 0 radical (unpaired) electrons. The zero-order chi connectivity index (χ0) is 25.2. The summed E-state index contributed by atoms with van der Waals surface area (Å²) in [6.45, 7) is 4.16. The number of hydrogen-bond donors (Lipinski definition) is 2. The molecule has 10 heteroatoms. The number of nitrogens with one attached hydrogen (secondary N) is 2. The van der Waals surface area contributed by atoms with E-state index in [4.69, 9.17) is 9.47 Å². The molecule has 35 heavy (non-hydrogen) atoms. The molecule has 10 nitrogen and oxygen atoms in total. The van der Waals surface area contributed by atoms with Gasteiger partial charge < -0.3 is 25.0 Å². The Morgan fingerprint density at radius 2 is 1.91 bits per heavy atom. The minimum atomic E-state index is -0.524. The van der Waals surface area contributed by atoms with Crippen molar-refractivity contribution in [3.05, 3.63) is 63.7 Å². The number of methoxy groups -OCH3 is 1. The van der Waals surface area contributed by atoms with E-state index in [1.54, 1.807) is 24.1 Å². The summed E-state index contributed by atoms with van der Waals surface area (Å²) in [7, 11) is 1.54. The highest BCUT2D eigenvalue weighted by atomic mass is 16.6. The van der Waals surface area contributed by atoms with Crippen molar-refractivity contribution in [2.45, 2.75) is 32.2 Å². The highest BCUT2D eigenvalue weighted by molar-refractivity contribution is 5.96. The first-order chi connectivity index (χ1) is 16.9. The largest absolute Gasteiger partial charge is 0.483 e. The first-order valence-electron chi connectivity index (χ1n) is 11.8. The van der Waals surface area contributed by atoms with Crippen LogP contribution in [0.2, 0.25) is 0 Å². The molecule has 2 aromatic carbocycles. The highest BCUT2D eigenvalue weighted by Gasteiger charge is 2.23. The number of ether oxygens (including phenoxy) is 2.